The molecule has 18 heavy (non-hydrogen) atoms. The quantitative estimate of drug-likeness (QED) is 0.865. The van der Waals surface area contributed by atoms with Gasteiger partial charge in [-0.15, -0.1) is 0 Å². The second-order valence-corrected chi connectivity index (χ2v) is 4.29. The van der Waals surface area contributed by atoms with Gasteiger partial charge in [0.25, 0.3) is 0 Å². The van der Waals surface area contributed by atoms with E-state index >= 15 is 0 Å². The SMILES string of the molecule is Cc1cc(NC(=O)CCc2c(C)noc2C)n[nH]1. The summed E-state index contributed by atoms with van der Waals surface area (Å²) in [5.41, 5.74) is 2.76. The van der Waals surface area contributed by atoms with Crippen LogP contribution in [0.4, 0.5) is 5.82 Å². The predicted octanol–water partition coefficient (Wildman–Crippen LogP) is 1.89. The molecule has 6 heteroatoms. The minimum atomic E-state index is -0.0681. The number of carbonyl (C=O) groups is 1. The van der Waals surface area contributed by atoms with Crippen LogP contribution in [0, 0.1) is 20.8 Å². The van der Waals surface area contributed by atoms with Gasteiger partial charge in [-0.2, -0.15) is 5.10 Å². The van der Waals surface area contributed by atoms with Gasteiger partial charge in [-0.25, -0.2) is 0 Å². The lowest BCUT2D eigenvalue weighted by molar-refractivity contribution is -0.116. The molecule has 6 nitrogen and oxygen atoms in total. The van der Waals surface area contributed by atoms with E-state index in [-0.39, 0.29) is 5.91 Å². The van der Waals surface area contributed by atoms with Gasteiger partial charge < -0.3 is 9.84 Å². The number of hydrogen-bond acceptors (Lipinski definition) is 4. The first kappa shape index (κ1) is 12.3. The molecule has 0 aromatic carbocycles. The van der Waals surface area contributed by atoms with E-state index in [0.717, 1.165) is 22.7 Å². The highest BCUT2D eigenvalue weighted by Crippen LogP contribution is 2.14. The van der Waals surface area contributed by atoms with Crippen molar-refractivity contribution in [3.05, 3.63) is 28.8 Å². The summed E-state index contributed by atoms with van der Waals surface area (Å²) >= 11 is 0. The molecule has 2 heterocycles. The summed E-state index contributed by atoms with van der Waals surface area (Å²) in [6.07, 6.45) is 1.01. The zero-order chi connectivity index (χ0) is 13.1. The zero-order valence-electron chi connectivity index (χ0n) is 10.7. The summed E-state index contributed by atoms with van der Waals surface area (Å²) in [4.78, 5) is 11.7. The number of rotatable bonds is 4. The van der Waals surface area contributed by atoms with E-state index in [0.29, 0.717) is 18.7 Å². The number of nitrogens with zero attached hydrogens (tertiary/aromatic N) is 2. The van der Waals surface area contributed by atoms with E-state index in [9.17, 15) is 4.79 Å². The van der Waals surface area contributed by atoms with Gasteiger partial charge in [0, 0.05) is 23.7 Å². The molecule has 2 N–H and O–H groups in total. The molecule has 96 valence electrons. The number of hydrogen-bond donors (Lipinski definition) is 2. The maximum absolute atomic E-state index is 11.7. The Labute approximate surface area is 105 Å². The molecule has 0 aliphatic rings. The van der Waals surface area contributed by atoms with Crippen LogP contribution in [0.2, 0.25) is 0 Å². The first-order valence-corrected chi connectivity index (χ1v) is 5.80. The van der Waals surface area contributed by atoms with Crippen LogP contribution >= 0.6 is 0 Å². The largest absolute Gasteiger partial charge is 0.361 e. The molecule has 0 unspecified atom stereocenters. The summed E-state index contributed by atoms with van der Waals surface area (Å²) in [5, 5.41) is 13.3. The summed E-state index contributed by atoms with van der Waals surface area (Å²) in [7, 11) is 0. The Morgan fingerprint density at radius 3 is 2.78 bits per heavy atom. The Bertz CT molecular complexity index is 537. The van der Waals surface area contributed by atoms with Crippen LogP contribution in [0.5, 0.6) is 0 Å². The molecule has 0 radical (unpaired) electrons. The fraction of sp³-hybridized carbons (Fsp3) is 0.417. The van der Waals surface area contributed by atoms with E-state index in [1.165, 1.54) is 0 Å². The maximum Gasteiger partial charge on any atom is 0.225 e. The van der Waals surface area contributed by atoms with Crippen molar-refractivity contribution in [2.75, 3.05) is 5.32 Å². The van der Waals surface area contributed by atoms with Crippen molar-refractivity contribution in [2.24, 2.45) is 0 Å². The Morgan fingerprint density at radius 2 is 2.22 bits per heavy atom. The monoisotopic (exact) mass is 248 g/mol. The first-order valence-electron chi connectivity index (χ1n) is 5.80. The molecule has 2 aromatic heterocycles. The Hall–Kier alpha value is -2.11. The van der Waals surface area contributed by atoms with Gasteiger partial charge in [0.1, 0.15) is 5.76 Å². The molecule has 1 amide bonds. The highest BCUT2D eigenvalue weighted by molar-refractivity contribution is 5.89. The third-order valence-corrected chi connectivity index (χ3v) is 2.76. The minimum Gasteiger partial charge on any atom is -0.361 e. The lowest BCUT2D eigenvalue weighted by Crippen LogP contribution is -2.12. The molecule has 0 atom stereocenters. The molecular formula is C12H16N4O2. The van der Waals surface area contributed by atoms with Crippen LogP contribution in [0.3, 0.4) is 0 Å². The standard InChI is InChI=1S/C12H16N4O2/c1-7-6-11(15-14-7)13-12(17)5-4-10-8(2)16-18-9(10)3/h6H,4-5H2,1-3H3,(H2,13,14,15,17). The average molecular weight is 248 g/mol. The van der Waals surface area contributed by atoms with Gasteiger partial charge in [-0.05, 0) is 27.2 Å². The van der Waals surface area contributed by atoms with Crippen LogP contribution in [-0.2, 0) is 11.2 Å². The number of aromatic amines is 1. The maximum atomic E-state index is 11.7. The molecule has 2 rings (SSSR count). The van der Waals surface area contributed by atoms with Crippen molar-refractivity contribution in [1.29, 1.82) is 0 Å². The van der Waals surface area contributed by atoms with Crippen molar-refractivity contribution < 1.29 is 9.32 Å². The van der Waals surface area contributed by atoms with E-state index in [2.05, 4.69) is 20.7 Å². The molecule has 0 saturated heterocycles. The molecule has 0 aliphatic heterocycles. The minimum absolute atomic E-state index is 0.0681. The summed E-state index contributed by atoms with van der Waals surface area (Å²) < 4.78 is 5.05. The van der Waals surface area contributed by atoms with Crippen molar-refractivity contribution in [3.8, 4) is 0 Å². The number of aryl methyl sites for hydroxylation is 3. The molecule has 2 aromatic rings. The van der Waals surface area contributed by atoms with Gasteiger partial charge in [0.15, 0.2) is 5.82 Å². The summed E-state index contributed by atoms with van der Waals surface area (Å²) in [5.74, 6) is 1.26. The van der Waals surface area contributed by atoms with Gasteiger partial charge in [0.05, 0.1) is 5.69 Å². The van der Waals surface area contributed by atoms with Crippen molar-refractivity contribution in [2.45, 2.75) is 33.6 Å². The molecular weight excluding hydrogens is 232 g/mol. The Kier molecular flexibility index (Phi) is 3.45. The molecule has 0 fully saturated rings. The number of carbonyl (C=O) groups excluding carboxylic acids is 1. The van der Waals surface area contributed by atoms with Gasteiger partial charge >= 0.3 is 0 Å². The van der Waals surface area contributed by atoms with Gasteiger partial charge in [-0.3, -0.25) is 9.89 Å². The van der Waals surface area contributed by atoms with Crippen LogP contribution < -0.4 is 5.32 Å². The highest BCUT2D eigenvalue weighted by atomic mass is 16.5. The molecule has 0 bridgehead atoms. The topological polar surface area (TPSA) is 83.8 Å². The Morgan fingerprint density at radius 1 is 1.44 bits per heavy atom. The van der Waals surface area contributed by atoms with Gasteiger partial charge in [0.2, 0.25) is 5.91 Å². The van der Waals surface area contributed by atoms with Crippen LogP contribution in [0.1, 0.15) is 29.1 Å². The first-order chi connectivity index (χ1) is 8.56. The van der Waals surface area contributed by atoms with E-state index in [1.807, 2.05) is 20.8 Å². The summed E-state index contributed by atoms with van der Waals surface area (Å²) in [6, 6.07) is 1.79. The fourth-order valence-electron chi connectivity index (χ4n) is 1.78. The van der Waals surface area contributed by atoms with Crippen molar-refractivity contribution in [3.63, 3.8) is 0 Å². The second kappa shape index (κ2) is 5.03. The van der Waals surface area contributed by atoms with E-state index in [4.69, 9.17) is 4.52 Å². The number of H-pyrrole nitrogens is 1. The molecule has 0 saturated carbocycles. The van der Waals surface area contributed by atoms with Crippen molar-refractivity contribution in [1.82, 2.24) is 15.4 Å². The highest BCUT2D eigenvalue weighted by Gasteiger charge is 2.11. The summed E-state index contributed by atoms with van der Waals surface area (Å²) in [6.45, 7) is 5.61. The normalized spacial score (nSPS) is 10.6. The average Bonchev–Trinajstić information content (AvgIpc) is 2.84. The smallest absolute Gasteiger partial charge is 0.225 e. The number of nitrogens with one attached hydrogen (secondary N) is 2. The number of amides is 1. The van der Waals surface area contributed by atoms with E-state index < -0.39 is 0 Å². The lowest BCUT2D eigenvalue weighted by atomic mass is 10.1. The fourth-order valence-corrected chi connectivity index (χ4v) is 1.78. The van der Waals surface area contributed by atoms with Crippen LogP contribution in [-0.4, -0.2) is 21.3 Å². The zero-order valence-corrected chi connectivity index (χ0v) is 10.7. The third-order valence-electron chi connectivity index (χ3n) is 2.76. The Balaban J connectivity index is 1.89. The van der Waals surface area contributed by atoms with Gasteiger partial charge in [-0.1, -0.05) is 5.16 Å². The predicted molar refractivity (Wildman–Crippen MR) is 66.3 cm³/mol. The van der Waals surface area contributed by atoms with Crippen LogP contribution in [0.25, 0.3) is 0 Å². The number of anilines is 1. The van der Waals surface area contributed by atoms with Crippen molar-refractivity contribution >= 4 is 11.7 Å². The third kappa shape index (κ3) is 2.77. The van der Waals surface area contributed by atoms with E-state index in [1.54, 1.807) is 6.07 Å². The van der Waals surface area contributed by atoms with Crippen LogP contribution in [0.15, 0.2) is 10.6 Å². The second-order valence-electron chi connectivity index (χ2n) is 4.29. The molecule has 0 spiro atoms. The number of aromatic nitrogens is 3. The molecule has 0 aliphatic carbocycles. The lowest BCUT2D eigenvalue weighted by Gasteiger charge is -2.01.